The van der Waals surface area contributed by atoms with Gasteiger partial charge in [0.15, 0.2) is 0 Å². The molecule has 0 radical (unpaired) electrons. The number of hydrogen-bond donors (Lipinski definition) is 1. The summed E-state index contributed by atoms with van der Waals surface area (Å²) in [5.74, 6) is 0. The average Bonchev–Trinajstić information content (AvgIpc) is 2.37. The van der Waals surface area contributed by atoms with Gasteiger partial charge in [-0.1, -0.05) is 12.8 Å². The standard InChI is InChI=1S/C17H29N/c1-12-13(2)15(4)17(16(5)14(12)3)10-8-6-7-9-11-18/h6-11,18H2,1-5H3. The number of benzene rings is 1. The Morgan fingerprint density at radius 3 is 1.56 bits per heavy atom. The Bertz CT molecular complexity index is 376. The van der Waals surface area contributed by atoms with Crippen LogP contribution in [0.25, 0.3) is 0 Å². The van der Waals surface area contributed by atoms with Crippen molar-refractivity contribution in [2.24, 2.45) is 5.73 Å². The van der Waals surface area contributed by atoms with Crippen molar-refractivity contribution in [2.45, 2.75) is 66.7 Å². The van der Waals surface area contributed by atoms with E-state index in [4.69, 9.17) is 5.73 Å². The van der Waals surface area contributed by atoms with E-state index in [1.165, 1.54) is 59.9 Å². The molecule has 0 saturated heterocycles. The van der Waals surface area contributed by atoms with E-state index in [1.54, 1.807) is 5.56 Å². The lowest BCUT2D eigenvalue weighted by atomic mass is 9.87. The molecule has 0 spiro atoms. The molecule has 1 heteroatoms. The van der Waals surface area contributed by atoms with Crippen LogP contribution in [0.15, 0.2) is 0 Å². The maximum absolute atomic E-state index is 5.53. The highest BCUT2D eigenvalue weighted by Gasteiger charge is 2.11. The molecule has 0 heterocycles. The van der Waals surface area contributed by atoms with Gasteiger partial charge < -0.3 is 5.73 Å². The van der Waals surface area contributed by atoms with Gasteiger partial charge in [0.1, 0.15) is 0 Å². The predicted octanol–water partition coefficient (Wildman–Crippen LogP) is 4.29. The third-order valence-electron chi connectivity index (χ3n) is 4.54. The molecule has 18 heavy (non-hydrogen) atoms. The molecule has 0 atom stereocenters. The van der Waals surface area contributed by atoms with Crippen LogP contribution < -0.4 is 5.73 Å². The lowest BCUT2D eigenvalue weighted by Gasteiger charge is -2.18. The fourth-order valence-corrected chi connectivity index (χ4v) is 2.75. The zero-order chi connectivity index (χ0) is 13.7. The van der Waals surface area contributed by atoms with Crippen molar-refractivity contribution < 1.29 is 0 Å². The average molecular weight is 247 g/mol. The molecule has 0 aliphatic carbocycles. The summed E-state index contributed by atoms with van der Waals surface area (Å²) in [6.45, 7) is 12.2. The van der Waals surface area contributed by atoms with Crippen molar-refractivity contribution in [3.05, 3.63) is 33.4 Å². The summed E-state index contributed by atoms with van der Waals surface area (Å²) in [6, 6.07) is 0. The molecule has 0 fully saturated rings. The van der Waals surface area contributed by atoms with Crippen molar-refractivity contribution in [3.8, 4) is 0 Å². The van der Waals surface area contributed by atoms with Crippen molar-refractivity contribution in [3.63, 3.8) is 0 Å². The third kappa shape index (κ3) is 3.35. The Morgan fingerprint density at radius 2 is 1.06 bits per heavy atom. The van der Waals surface area contributed by atoms with E-state index in [9.17, 15) is 0 Å². The molecule has 1 aromatic rings. The Labute approximate surface area is 113 Å². The molecule has 0 saturated carbocycles. The first-order valence-corrected chi connectivity index (χ1v) is 7.26. The third-order valence-corrected chi connectivity index (χ3v) is 4.54. The minimum atomic E-state index is 0.834. The largest absolute Gasteiger partial charge is 0.330 e. The number of rotatable bonds is 6. The van der Waals surface area contributed by atoms with Gasteiger partial charge in [-0.25, -0.2) is 0 Å². The van der Waals surface area contributed by atoms with Crippen LogP contribution in [0.2, 0.25) is 0 Å². The first kappa shape index (κ1) is 15.2. The van der Waals surface area contributed by atoms with Crippen molar-refractivity contribution in [2.75, 3.05) is 6.54 Å². The van der Waals surface area contributed by atoms with Gasteiger partial charge in [-0.05, 0) is 93.8 Å². The number of nitrogens with two attached hydrogens (primary N) is 1. The molecule has 1 nitrogen and oxygen atoms in total. The maximum atomic E-state index is 5.53. The van der Waals surface area contributed by atoms with E-state index in [2.05, 4.69) is 34.6 Å². The highest BCUT2D eigenvalue weighted by Crippen LogP contribution is 2.27. The second-order valence-electron chi connectivity index (χ2n) is 5.56. The van der Waals surface area contributed by atoms with Crippen LogP contribution in [0.4, 0.5) is 0 Å². The van der Waals surface area contributed by atoms with Gasteiger partial charge in [0.2, 0.25) is 0 Å². The lowest BCUT2D eigenvalue weighted by molar-refractivity contribution is 0.644. The van der Waals surface area contributed by atoms with Gasteiger partial charge in [0.05, 0.1) is 0 Å². The number of hydrogen-bond acceptors (Lipinski definition) is 1. The molecular weight excluding hydrogens is 218 g/mol. The van der Waals surface area contributed by atoms with Gasteiger partial charge in [0, 0.05) is 0 Å². The fraction of sp³-hybridized carbons (Fsp3) is 0.647. The molecular formula is C17H29N. The SMILES string of the molecule is Cc1c(C)c(C)c(CCCCCCN)c(C)c1C. The zero-order valence-corrected chi connectivity index (χ0v) is 12.8. The van der Waals surface area contributed by atoms with Crippen LogP contribution in [0.5, 0.6) is 0 Å². The minimum absolute atomic E-state index is 0.834. The first-order chi connectivity index (χ1) is 8.50. The molecule has 1 aromatic carbocycles. The summed E-state index contributed by atoms with van der Waals surface area (Å²) >= 11 is 0. The minimum Gasteiger partial charge on any atom is -0.330 e. The molecule has 102 valence electrons. The van der Waals surface area contributed by atoms with Gasteiger partial charge >= 0.3 is 0 Å². The predicted molar refractivity (Wildman–Crippen MR) is 81.4 cm³/mol. The highest BCUT2D eigenvalue weighted by molar-refractivity contribution is 5.49. The Hall–Kier alpha value is -0.820. The van der Waals surface area contributed by atoms with Crippen LogP contribution in [-0.4, -0.2) is 6.54 Å². The lowest BCUT2D eigenvalue weighted by Crippen LogP contribution is -2.03. The van der Waals surface area contributed by atoms with E-state index in [1.807, 2.05) is 0 Å². The molecule has 0 aromatic heterocycles. The zero-order valence-electron chi connectivity index (χ0n) is 12.8. The highest BCUT2D eigenvalue weighted by atomic mass is 14.5. The summed E-state index contributed by atoms with van der Waals surface area (Å²) in [5, 5.41) is 0. The Balaban J connectivity index is 2.77. The Morgan fingerprint density at radius 1 is 0.611 bits per heavy atom. The van der Waals surface area contributed by atoms with Gasteiger partial charge in [-0.2, -0.15) is 0 Å². The summed E-state index contributed by atoms with van der Waals surface area (Å²) in [7, 11) is 0. The monoisotopic (exact) mass is 247 g/mol. The molecule has 1 rings (SSSR count). The molecule has 0 unspecified atom stereocenters. The molecule has 0 amide bonds. The number of unbranched alkanes of at least 4 members (excludes halogenated alkanes) is 3. The molecule has 2 N–H and O–H groups in total. The summed E-state index contributed by atoms with van der Waals surface area (Å²) < 4.78 is 0. The maximum Gasteiger partial charge on any atom is -0.00773 e. The second-order valence-corrected chi connectivity index (χ2v) is 5.56. The second kappa shape index (κ2) is 6.94. The van der Waals surface area contributed by atoms with Crippen LogP contribution in [0.1, 0.15) is 59.1 Å². The molecule has 0 aliphatic rings. The van der Waals surface area contributed by atoms with Gasteiger partial charge in [-0.3, -0.25) is 0 Å². The van der Waals surface area contributed by atoms with Crippen LogP contribution in [0, 0.1) is 34.6 Å². The fourth-order valence-electron chi connectivity index (χ4n) is 2.75. The topological polar surface area (TPSA) is 26.0 Å². The van der Waals surface area contributed by atoms with Crippen LogP contribution in [-0.2, 0) is 6.42 Å². The smallest absolute Gasteiger partial charge is 0.00773 e. The summed E-state index contributed by atoms with van der Waals surface area (Å²) in [4.78, 5) is 0. The van der Waals surface area contributed by atoms with Crippen LogP contribution in [0.3, 0.4) is 0 Å². The van der Waals surface area contributed by atoms with Crippen molar-refractivity contribution in [1.29, 1.82) is 0 Å². The van der Waals surface area contributed by atoms with Crippen molar-refractivity contribution in [1.82, 2.24) is 0 Å². The molecule has 0 aliphatic heterocycles. The first-order valence-electron chi connectivity index (χ1n) is 7.26. The van der Waals surface area contributed by atoms with E-state index in [0.29, 0.717) is 0 Å². The summed E-state index contributed by atoms with van der Waals surface area (Å²) in [6.07, 6.45) is 6.28. The van der Waals surface area contributed by atoms with Crippen molar-refractivity contribution >= 4 is 0 Å². The van der Waals surface area contributed by atoms with E-state index >= 15 is 0 Å². The van der Waals surface area contributed by atoms with E-state index in [0.717, 1.165) is 6.54 Å². The van der Waals surface area contributed by atoms with Crippen LogP contribution >= 0.6 is 0 Å². The van der Waals surface area contributed by atoms with Gasteiger partial charge in [0.25, 0.3) is 0 Å². The normalized spacial score (nSPS) is 11.0. The summed E-state index contributed by atoms with van der Waals surface area (Å²) in [5.41, 5.74) is 14.6. The van der Waals surface area contributed by atoms with Gasteiger partial charge in [-0.15, -0.1) is 0 Å². The van der Waals surface area contributed by atoms with E-state index < -0.39 is 0 Å². The van der Waals surface area contributed by atoms with E-state index in [-0.39, 0.29) is 0 Å². The Kier molecular flexibility index (Phi) is 5.87. The quantitative estimate of drug-likeness (QED) is 0.746. The molecule has 0 bridgehead atoms.